The number of aliphatic imine (C=N–C) groups is 2. The highest BCUT2D eigenvalue weighted by atomic mass is 16.4. The van der Waals surface area contributed by atoms with Crippen LogP contribution in [0.15, 0.2) is 40.3 Å². The summed E-state index contributed by atoms with van der Waals surface area (Å²) in [6.45, 7) is -0.351. The van der Waals surface area contributed by atoms with Crippen LogP contribution in [0.5, 0.6) is 0 Å². The summed E-state index contributed by atoms with van der Waals surface area (Å²) < 4.78 is 0. The minimum Gasteiger partial charge on any atom is -0.480 e. The molecule has 0 bridgehead atoms. The number of hydrogen-bond donors (Lipinski definition) is 10. The molecule has 15 N–H and O–H groups in total. The van der Waals surface area contributed by atoms with Gasteiger partial charge in [0.15, 0.2) is 11.9 Å². The molecule has 0 radical (unpaired) electrons. The smallest absolute Gasteiger partial charge is 0.326 e. The van der Waals surface area contributed by atoms with E-state index in [0.29, 0.717) is 12.0 Å². The molecule has 0 saturated carbocycles. The Hall–Kier alpha value is -4.44. The van der Waals surface area contributed by atoms with E-state index in [2.05, 4.69) is 25.9 Å². The number of guanidine groups is 2. The summed E-state index contributed by atoms with van der Waals surface area (Å²) in [5.41, 5.74) is 27.6. The number of carboxylic acids is 1. The van der Waals surface area contributed by atoms with Gasteiger partial charge in [0.2, 0.25) is 17.7 Å². The van der Waals surface area contributed by atoms with Gasteiger partial charge in [-0.15, -0.1) is 0 Å². The first-order chi connectivity index (χ1) is 18.9. The zero-order chi connectivity index (χ0) is 30.1. The van der Waals surface area contributed by atoms with E-state index in [1.165, 1.54) is 0 Å². The third-order valence-corrected chi connectivity index (χ3v) is 5.60. The molecule has 4 unspecified atom stereocenters. The number of rotatable bonds is 18. The lowest BCUT2D eigenvalue weighted by atomic mass is 10.0. The van der Waals surface area contributed by atoms with Crippen molar-refractivity contribution in [3.63, 3.8) is 0 Å². The Kier molecular flexibility index (Phi) is 15.1. The molecular weight excluding hydrogens is 524 g/mol. The molecule has 0 fully saturated rings. The lowest BCUT2D eigenvalue weighted by Gasteiger charge is -2.24. The number of carboxylic acid groups (broad SMARTS) is 1. The van der Waals surface area contributed by atoms with Crippen LogP contribution in [0.3, 0.4) is 0 Å². The van der Waals surface area contributed by atoms with E-state index < -0.39 is 54.5 Å². The first kappa shape index (κ1) is 33.6. The van der Waals surface area contributed by atoms with Gasteiger partial charge >= 0.3 is 5.97 Å². The first-order valence-corrected chi connectivity index (χ1v) is 12.6. The molecule has 0 aromatic heterocycles. The van der Waals surface area contributed by atoms with Gasteiger partial charge in [-0.2, -0.15) is 0 Å². The SMILES string of the molecule is NC(N)=NCCCC(N)C(=O)NC(CO)C(=O)NC(Cc1ccccc1)C(=O)NC(CCCN=C(N)N)C(=O)O. The summed E-state index contributed by atoms with van der Waals surface area (Å²) in [4.78, 5) is 57.9. The molecule has 1 aromatic carbocycles. The Morgan fingerprint density at radius 3 is 1.77 bits per heavy atom. The molecule has 16 nitrogen and oxygen atoms in total. The summed E-state index contributed by atoms with van der Waals surface area (Å²) in [6, 6.07) is 3.77. The molecule has 1 rings (SSSR count). The molecule has 0 spiro atoms. The molecule has 4 atom stereocenters. The van der Waals surface area contributed by atoms with Crippen molar-refractivity contribution in [2.24, 2.45) is 38.7 Å². The lowest BCUT2D eigenvalue weighted by Crippen LogP contribution is -2.58. The van der Waals surface area contributed by atoms with Crippen molar-refractivity contribution >= 4 is 35.6 Å². The van der Waals surface area contributed by atoms with Crippen molar-refractivity contribution in [2.75, 3.05) is 19.7 Å². The van der Waals surface area contributed by atoms with E-state index in [9.17, 15) is 29.4 Å². The first-order valence-electron chi connectivity index (χ1n) is 12.6. The fourth-order valence-electron chi connectivity index (χ4n) is 3.49. The molecule has 16 heteroatoms. The fraction of sp³-hybridized carbons (Fsp3) is 0.500. The monoisotopic (exact) mass is 564 g/mol. The molecule has 0 heterocycles. The van der Waals surface area contributed by atoms with Gasteiger partial charge in [0.05, 0.1) is 12.6 Å². The van der Waals surface area contributed by atoms with Crippen LogP contribution in [-0.2, 0) is 25.6 Å². The number of aliphatic hydroxyl groups is 1. The second kappa shape index (κ2) is 18.0. The summed E-state index contributed by atoms with van der Waals surface area (Å²) in [6.07, 6.45) is 0.921. The number of nitrogens with two attached hydrogens (primary N) is 5. The molecular formula is C24H40N10O6. The molecule has 222 valence electrons. The third-order valence-electron chi connectivity index (χ3n) is 5.60. The van der Waals surface area contributed by atoms with Gasteiger partial charge in [-0.1, -0.05) is 30.3 Å². The number of nitrogens with one attached hydrogen (secondary N) is 3. The number of benzene rings is 1. The Bertz CT molecular complexity index is 1030. The summed E-state index contributed by atoms with van der Waals surface area (Å²) >= 11 is 0. The van der Waals surface area contributed by atoms with E-state index in [1.54, 1.807) is 30.3 Å². The van der Waals surface area contributed by atoms with Crippen molar-refractivity contribution in [3.8, 4) is 0 Å². The average molecular weight is 565 g/mol. The number of aliphatic carboxylic acids is 1. The molecule has 3 amide bonds. The van der Waals surface area contributed by atoms with Gasteiger partial charge in [-0.25, -0.2) is 4.79 Å². The average Bonchev–Trinajstić information content (AvgIpc) is 2.90. The second-order valence-corrected chi connectivity index (χ2v) is 8.90. The predicted molar refractivity (Wildman–Crippen MR) is 148 cm³/mol. The number of aliphatic hydroxyl groups excluding tert-OH is 1. The highest BCUT2D eigenvalue weighted by molar-refractivity contribution is 5.94. The van der Waals surface area contributed by atoms with Crippen LogP contribution in [-0.4, -0.2) is 89.7 Å². The zero-order valence-electron chi connectivity index (χ0n) is 22.2. The second-order valence-electron chi connectivity index (χ2n) is 8.90. The van der Waals surface area contributed by atoms with Crippen LogP contribution in [0, 0.1) is 0 Å². The largest absolute Gasteiger partial charge is 0.480 e. The normalized spacial score (nSPS) is 13.6. The maximum atomic E-state index is 13.1. The number of nitrogens with zero attached hydrogens (tertiary/aromatic N) is 2. The van der Waals surface area contributed by atoms with Crippen LogP contribution < -0.4 is 44.6 Å². The maximum Gasteiger partial charge on any atom is 0.326 e. The van der Waals surface area contributed by atoms with Gasteiger partial charge in [0, 0.05) is 19.5 Å². The minimum absolute atomic E-state index is 0.00908. The predicted octanol–water partition coefficient (Wildman–Crippen LogP) is -3.81. The molecule has 0 aliphatic carbocycles. The van der Waals surface area contributed by atoms with E-state index in [0.717, 1.165) is 0 Å². The number of hydrogen-bond acceptors (Lipinski definition) is 8. The van der Waals surface area contributed by atoms with Crippen LogP contribution in [0.4, 0.5) is 0 Å². The van der Waals surface area contributed by atoms with Gasteiger partial charge < -0.3 is 54.8 Å². The highest BCUT2D eigenvalue weighted by Gasteiger charge is 2.30. The highest BCUT2D eigenvalue weighted by Crippen LogP contribution is 2.06. The number of carbonyl (C=O) groups excluding carboxylic acids is 3. The molecule has 0 aliphatic rings. The van der Waals surface area contributed by atoms with E-state index in [-0.39, 0.29) is 50.7 Å². The summed E-state index contributed by atoms with van der Waals surface area (Å²) in [5, 5.41) is 26.6. The molecule has 40 heavy (non-hydrogen) atoms. The van der Waals surface area contributed by atoms with Gasteiger partial charge in [0.1, 0.15) is 18.1 Å². The topological polar surface area (TPSA) is 300 Å². The van der Waals surface area contributed by atoms with Crippen molar-refractivity contribution in [1.29, 1.82) is 0 Å². The maximum absolute atomic E-state index is 13.1. The Morgan fingerprint density at radius 2 is 1.25 bits per heavy atom. The van der Waals surface area contributed by atoms with Crippen LogP contribution in [0.2, 0.25) is 0 Å². The lowest BCUT2D eigenvalue weighted by molar-refractivity contribution is -0.142. The quantitative estimate of drug-likeness (QED) is 0.0468. The van der Waals surface area contributed by atoms with Crippen molar-refractivity contribution in [2.45, 2.75) is 56.3 Å². The van der Waals surface area contributed by atoms with Gasteiger partial charge in [0.25, 0.3) is 0 Å². The Labute approximate surface area is 231 Å². The van der Waals surface area contributed by atoms with Crippen LogP contribution in [0.25, 0.3) is 0 Å². The van der Waals surface area contributed by atoms with Gasteiger partial charge in [-0.05, 0) is 31.2 Å². The molecule has 0 saturated heterocycles. The van der Waals surface area contributed by atoms with E-state index in [4.69, 9.17) is 28.7 Å². The molecule has 1 aromatic rings. The summed E-state index contributed by atoms with van der Waals surface area (Å²) in [7, 11) is 0. The standard InChI is InChI=1S/C24H40N10O6/c25-15(8-4-10-30-23(26)27)19(36)34-18(13-35)21(38)33-17(12-14-6-2-1-3-7-14)20(37)32-16(22(39)40)9-5-11-31-24(28)29/h1-3,6-7,15-18,35H,4-5,8-13,25H2,(H,32,37)(H,33,38)(H,34,36)(H,39,40)(H4,26,27,30)(H4,28,29,31). The molecule has 0 aliphatic heterocycles. The third kappa shape index (κ3) is 13.4. The minimum atomic E-state index is -1.42. The van der Waals surface area contributed by atoms with Crippen molar-refractivity contribution < 1.29 is 29.4 Å². The fourth-order valence-corrected chi connectivity index (χ4v) is 3.49. The Morgan fingerprint density at radius 1 is 0.750 bits per heavy atom. The number of carbonyl (C=O) groups is 4. The van der Waals surface area contributed by atoms with Gasteiger partial charge in [-0.3, -0.25) is 24.4 Å². The van der Waals surface area contributed by atoms with Crippen molar-refractivity contribution in [1.82, 2.24) is 16.0 Å². The summed E-state index contributed by atoms with van der Waals surface area (Å²) in [5.74, 6) is -3.85. The van der Waals surface area contributed by atoms with Crippen molar-refractivity contribution in [3.05, 3.63) is 35.9 Å². The number of amides is 3. The van der Waals surface area contributed by atoms with Crippen LogP contribution in [0.1, 0.15) is 31.2 Å². The zero-order valence-corrected chi connectivity index (χ0v) is 22.2. The Balaban J connectivity index is 2.92. The van der Waals surface area contributed by atoms with E-state index in [1.807, 2.05) is 0 Å². The van der Waals surface area contributed by atoms with Crippen LogP contribution >= 0.6 is 0 Å². The van der Waals surface area contributed by atoms with E-state index >= 15 is 0 Å².